The summed E-state index contributed by atoms with van der Waals surface area (Å²) in [5.74, 6) is 0.791. The number of nitrogens with two attached hydrogens (primary N) is 1. The molecule has 0 spiro atoms. The number of benzene rings is 1. The van der Waals surface area contributed by atoms with Crippen molar-refractivity contribution < 1.29 is 4.74 Å². The Morgan fingerprint density at radius 2 is 2.06 bits per heavy atom. The van der Waals surface area contributed by atoms with Gasteiger partial charge in [-0.05, 0) is 17.5 Å². The molecule has 2 nitrogen and oxygen atoms in total. The van der Waals surface area contributed by atoms with Gasteiger partial charge < -0.3 is 10.5 Å². The highest BCUT2D eigenvalue weighted by Crippen LogP contribution is 2.34. The molecule has 0 radical (unpaired) electrons. The van der Waals surface area contributed by atoms with Crippen LogP contribution in [0.4, 0.5) is 0 Å². The Morgan fingerprint density at radius 1 is 1.31 bits per heavy atom. The van der Waals surface area contributed by atoms with E-state index >= 15 is 0 Å². The molecule has 0 aliphatic rings. The Kier molecular flexibility index (Phi) is 3.49. The maximum Gasteiger partial charge on any atom is 0.124 e. The number of hydrogen-bond donors (Lipinski definition) is 1. The van der Waals surface area contributed by atoms with Crippen LogP contribution in [0.25, 0.3) is 0 Å². The minimum Gasteiger partial charge on any atom is -0.496 e. The zero-order valence-corrected chi connectivity index (χ0v) is 10.4. The fraction of sp³-hybridized carbons (Fsp3) is 0.167. The molecule has 2 rings (SSSR count). The maximum absolute atomic E-state index is 6.18. The lowest BCUT2D eigenvalue weighted by atomic mass is 10.1. The molecule has 16 heavy (non-hydrogen) atoms. The lowest BCUT2D eigenvalue weighted by Crippen LogP contribution is -2.11. The van der Waals surface area contributed by atoms with Crippen molar-refractivity contribution in [3.8, 4) is 5.75 Å². The number of rotatable bonds is 3. The van der Waals surface area contributed by atoms with Crippen LogP contribution in [-0.2, 0) is 0 Å². The van der Waals surface area contributed by atoms with Gasteiger partial charge >= 0.3 is 0 Å². The van der Waals surface area contributed by atoms with Crippen molar-refractivity contribution in [2.45, 2.75) is 6.04 Å². The lowest BCUT2D eigenvalue weighted by molar-refractivity contribution is 0.408. The molecule has 2 aromatic rings. The molecule has 1 atom stereocenters. The molecular formula is C12H12ClNOS. The fourth-order valence-corrected chi connectivity index (χ4v) is 2.79. The first-order chi connectivity index (χ1) is 7.74. The number of thiophene rings is 1. The Labute approximate surface area is 104 Å². The Hall–Kier alpha value is -1.03. The van der Waals surface area contributed by atoms with Crippen molar-refractivity contribution in [3.05, 3.63) is 51.2 Å². The highest BCUT2D eigenvalue weighted by Gasteiger charge is 2.17. The second kappa shape index (κ2) is 4.87. The zero-order chi connectivity index (χ0) is 11.5. The maximum atomic E-state index is 6.18. The predicted octanol–water partition coefficient (Wildman–Crippen LogP) is 3.46. The smallest absolute Gasteiger partial charge is 0.124 e. The molecule has 84 valence electrons. The summed E-state index contributed by atoms with van der Waals surface area (Å²) in [5.41, 5.74) is 7.14. The summed E-state index contributed by atoms with van der Waals surface area (Å²) in [6, 6.07) is 9.35. The summed E-state index contributed by atoms with van der Waals surface area (Å²) in [5, 5.41) is 2.65. The predicted molar refractivity (Wildman–Crippen MR) is 68.4 cm³/mol. The number of halogens is 1. The van der Waals surface area contributed by atoms with Gasteiger partial charge in [0.05, 0.1) is 18.2 Å². The average molecular weight is 254 g/mol. The van der Waals surface area contributed by atoms with E-state index in [4.69, 9.17) is 22.1 Å². The summed E-state index contributed by atoms with van der Waals surface area (Å²) in [6.45, 7) is 0. The molecule has 0 aliphatic heterocycles. The summed E-state index contributed by atoms with van der Waals surface area (Å²) in [6.07, 6.45) is 0. The van der Waals surface area contributed by atoms with Crippen LogP contribution in [-0.4, -0.2) is 7.11 Å². The number of ether oxygens (including phenoxy) is 1. The summed E-state index contributed by atoms with van der Waals surface area (Å²) in [7, 11) is 1.64. The van der Waals surface area contributed by atoms with Crippen molar-refractivity contribution in [1.29, 1.82) is 0 Å². The molecule has 0 saturated heterocycles. The average Bonchev–Trinajstić information content (AvgIpc) is 2.74. The molecule has 0 fully saturated rings. The third-order valence-electron chi connectivity index (χ3n) is 2.40. The Bertz CT molecular complexity index is 483. The van der Waals surface area contributed by atoms with Crippen molar-refractivity contribution >= 4 is 22.9 Å². The molecule has 2 N–H and O–H groups in total. The van der Waals surface area contributed by atoms with Gasteiger partial charge in [0.15, 0.2) is 0 Å². The van der Waals surface area contributed by atoms with Gasteiger partial charge in [-0.1, -0.05) is 29.8 Å². The molecule has 0 saturated carbocycles. The zero-order valence-electron chi connectivity index (χ0n) is 8.81. The van der Waals surface area contributed by atoms with E-state index in [2.05, 4.69) is 0 Å². The first kappa shape index (κ1) is 11.5. The SMILES string of the molecule is COc1ccccc1C(N)c1sccc1Cl. The van der Waals surface area contributed by atoms with Gasteiger partial charge in [0, 0.05) is 10.4 Å². The van der Waals surface area contributed by atoms with Crippen LogP contribution >= 0.6 is 22.9 Å². The molecule has 4 heteroatoms. The van der Waals surface area contributed by atoms with Crippen LogP contribution in [0.3, 0.4) is 0 Å². The highest BCUT2D eigenvalue weighted by molar-refractivity contribution is 7.10. The fourth-order valence-electron chi connectivity index (χ4n) is 1.59. The Balaban J connectivity index is 2.41. The molecule has 0 bridgehead atoms. The largest absolute Gasteiger partial charge is 0.496 e. The van der Waals surface area contributed by atoms with Crippen LogP contribution < -0.4 is 10.5 Å². The molecule has 0 amide bonds. The van der Waals surface area contributed by atoms with E-state index in [1.807, 2.05) is 35.7 Å². The van der Waals surface area contributed by atoms with Gasteiger partial charge in [0.1, 0.15) is 5.75 Å². The van der Waals surface area contributed by atoms with Crippen LogP contribution in [0.2, 0.25) is 5.02 Å². The first-order valence-electron chi connectivity index (χ1n) is 4.85. The highest BCUT2D eigenvalue weighted by atomic mass is 35.5. The van der Waals surface area contributed by atoms with E-state index in [0.717, 1.165) is 16.2 Å². The monoisotopic (exact) mass is 253 g/mol. The van der Waals surface area contributed by atoms with E-state index < -0.39 is 0 Å². The van der Waals surface area contributed by atoms with E-state index in [-0.39, 0.29) is 6.04 Å². The summed E-state index contributed by atoms with van der Waals surface area (Å²) < 4.78 is 5.29. The minimum atomic E-state index is -0.233. The van der Waals surface area contributed by atoms with Gasteiger partial charge in [-0.2, -0.15) is 0 Å². The standard InChI is InChI=1S/C12H12ClNOS/c1-15-10-5-3-2-4-8(10)11(14)12-9(13)6-7-16-12/h2-7,11H,14H2,1H3. The van der Waals surface area contributed by atoms with Crippen molar-refractivity contribution in [2.75, 3.05) is 7.11 Å². The van der Waals surface area contributed by atoms with Gasteiger partial charge in [0.25, 0.3) is 0 Å². The summed E-state index contributed by atoms with van der Waals surface area (Å²) in [4.78, 5) is 0.964. The third-order valence-corrected chi connectivity index (χ3v) is 3.84. The lowest BCUT2D eigenvalue weighted by Gasteiger charge is -2.14. The Morgan fingerprint density at radius 3 is 2.69 bits per heavy atom. The van der Waals surface area contributed by atoms with E-state index in [1.54, 1.807) is 18.4 Å². The number of hydrogen-bond acceptors (Lipinski definition) is 3. The second-order valence-electron chi connectivity index (χ2n) is 3.35. The first-order valence-corrected chi connectivity index (χ1v) is 6.11. The molecule has 1 aromatic carbocycles. The minimum absolute atomic E-state index is 0.233. The van der Waals surface area contributed by atoms with Gasteiger partial charge in [-0.3, -0.25) is 0 Å². The molecule has 1 unspecified atom stereocenters. The van der Waals surface area contributed by atoms with Gasteiger partial charge in [0.2, 0.25) is 0 Å². The third kappa shape index (κ3) is 2.07. The normalized spacial score (nSPS) is 12.4. The topological polar surface area (TPSA) is 35.2 Å². The quantitative estimate of drug-likeness (QED) is 0.909. The van der Waals surface area contributed by atoms with Gasteiger partial charge in [-0.15, -0.1) is 11.3 Å². The number of para-hydroxylation sites is 1. The van der Waals surface area contributed by atoms with Crippen LogP contribution in [0.1, 0.15) is 16.5 Å². The molecular weight excluding hydrogens is 242 g/mol. The molecule has 0 aliphatic carbocycles. The van der Waals surface area contributed by atoms with E-state index in [1.165, 1.54) is 0 Å². The summed E-state index contributed by atoms with van der Waals surface area (Å²) >= 11 is 7.63. The van der Waals surface area contributed by atoms with Crippen molar-refractivity contribution in [2.24, 2.45) is 5.73 Å². The van der Waals surface area contributed by atoms with Crippen molar-refractivity contribution in [1.82, 2.24) is 0 Å². The van der Waals surface area contributed by atoms with Crippen molar-refractivity contribution in [3.63, 3.8) is 0 Å². The van der Waals surface area contributed by atoms with E-state index in [0.29, 0.717) is 5.02 Å². The molecule has 1 aromatic heterocycles. The van der Waals surface area contributed by atoms with Crippen LogP contribution in [0, 0.1) is 0 Å². The van der Waals surface area contributed by atoms with Crippen LogP contribution in [0.5, 0.6) is 5.75 Å². The van der Waals surface area contributed by atoms with E-state index in [9.17, 15) is 0 Å². The number of methoxy groups -OCH3 is 1. The molecule has 1 heterocycles. The van der Waals surface area contributed by atoms with Gasteiger partial charge in [-0.25, -0.2) is 0 Å². The second-order valence-corrected chi connectivity index (χ2v) is 4.71. The van der Waals surface area contributed by atoms with Crippen LogP contribution in [0.15, 0.2) is 35.7 Å².